The zero-order chi connectivity index (χ0) is 11.9. The van der Waals surface area contributed by atoms with Crippen molar-refractivity contribution in [3.8, 4) is 5.75 Å². The van der Waals surface area contributed by atoms with Crippen molar-refractivity contribution in [3.05, 3.63) is 29.3 Å². The predicted molar refractivity (Wildman–Crippen MR) is 63.3 cm³/mol. The lowest BCUT2D eigenvalue weighted by Gasteiger charge is -2.29. The molecule has 0 aliphatic heterocycles. The summed E-state index contributed by atoms with van der Waals surface area (Å²) in [5, 5.41) is 11.7. The third kappa shape index (κ3) is 3.41. The van der Waals surface area contributed by atoms with Crippen molar-refractivity contribution in [1.29, 1.82) is 0 Å². The summed E-state index contributed by atoms with van der Waals surface area (Å²) >= 11 is 0. The molecule has 0 spiro atoms. The molecule has 0 aromatic heterocycles. The number of hydrogen-bond donors (Lipinski definition) is 0. The van der Waals surface area contributed by atoms with Crippen molar-refractivity contribution in [3.63, 3.8) is 0 Å². The smallest absolute Gasteiger partial charge is 0.0132 e. The zero-order valence-electron chi connectivity index (χ0n) is 11.0. The molecule has 92 valence electrons. The van der Waals surface area contributed by atoms with E-state index in [1.54, 1.807) is 6.07 Å². The maximum atomic E-state index is 11.7. The molecule has 0 fully saturated rings. The largest absolute Gasteiger partial charge is 1.00 e. The number of halogens is 1. The fourth-order valence-corrected chi connectivity index (χ4v) is 1.58. The van der Waals surface area contributed by atoms with Crippen molar-refractivity contribution in [2.45, 2.75) is 52.4 Å². The maximum absolute atomic E-state index is 11.7. The van der Waals surface area contributed by atoms with Crippen LogP contribution in [0, 0.1) is 0 Å². The third-order valence-corrected chi connectivity index (χ3v) is 2.65. The second kappa shape index (κ2) is 4.67. The molecule has 0 bridgehead atoms. The van der Waals surface area contributed by atoms with Crippen molar-refractivity contribution in [2.24, 2.45) is 0 Å². The van der Waals surface area contributed by atoms with Crippen LogP contribution in [0.25, 0.3) is 0 Å². The van der Waals surface area contributed by atoms with Gasteiger partial charge in [-0.2, -0.15) is 0 Å². The van der Waals surface area contributed by atoms with E-state index in [-0.39, 0.29) is 29.0 Å². The Labute approximate surface area is 105 Å². The molecule has 0 saturated carbocycles. The first-order valence-electron chi connectivity index (χ1n) is 5.44. The van der Waals surface area contributed by atoms with E-state index >= 15 is 0 Å². The maximum Gasteiger partial charge on any atom is -0.0132 e. The van der Waals surface area contributed by atoms with E-state index in [0.717, 1.165) is 5.56 Å². The molecular weight excluding hydrogens is 220 g/mol. The normalized spacial score (nSPS) is 12.1. The van der Waals surface area contributed by atoms with Gasteiger partial charge in [0.25, 0.3) is 0 Å². The van der Waals surface area contributed by atoms with E-state index in [1.165, 1.54) is 5.56 Å². The third-order valence-electron chi connectivity index (χ3n) is 2.65. The van der Waals surface area contributed by atoms with E-state index in [1.807, 2.05) is 6.07 Å². The van der Waals surface area contributed by atoms with Crippen LogP contribution < -0.4 is 17.5 Å². The van der Waals surface area contributed by atoms with Gasteiger partial charge in [0.1, 0.15) is 0 Å². The Morgan fingerprint density at radius 1 is 0.875 bits per heavy atom. The van der Waals surface area contributed by atoms with Crippen LogP contribution in [-0.4, -0.2) is 0 Å². The summed E-state index contributed by atoms with van der Waals surface area (Å²) in [6.45, 7) is 12.7. The lowest BCUT2D eigenvalue weighted by atomic mass is 9.80. The molecule has 0 N–H and O–H groups in total. The molecule has 0 aliphatic rings. The van der Waals surface area contributed by atoms with Crippen LogP contribution in [0.1, 0.15) is 52.7 Å². The minimum atomic E-state index is -0.0711. The first kappa shape index (κ1) is 15.3. The second-order valence-corrected chi connectivity index (χ2v) is 6.21. The average Bonchev–Trinajstić information content (AvgIpc) is 2.00. The Morgan fingerprint density at radius 2 is 1.38 bits per heavy atom. The highest BCUT2D eigenvalue weighted by Crippen LogP contribution is 2.33. The number of benzene rings is 1. The summed E-state index contributed by atoms with van der Waals surface area (Å²) < 4.78 is 0. The first-order chi connectivity index (χ1) is 6.62. The predicted octanol–water partition coefficient (Wildman–Crippen LogP) is 0.359. The van der Waals surface area contributed by atoms with E-state index < -0.39 is 0 Å². The van der Waals surface area contributed by atoms with Crippen LogP contribution in [0.4, 0.5) is 0 Å². The minimum Gasteiger partial charge on any atom is -1.00 e. The summed E-state index contributed by atoms with van der Waals surface area (Å²) in [4.78, 5) is 0. The quantitative estimate of drug-likeness (QED) is 0.642. The number of hydrogen-bond acceptors (Lipinski definition) is 1. The molecule has 0 saturated heterocycles. The molecular formula is C14H21ClO-2. The molecule has 0 heterocycles. The summed E-state index contributed by atoms with van der Waals surface area (Å²) in [5.74, 6) is 0.149. The van der Waals surface area contributed by atoms with Gasteiger partial charge in [0, 0.05) is 0 Å². The van der Waals surface area contributed by atoms with E-state index in [9.17, 15) is 5.11 Å². The van der Waals surface area contributed by atoms with Crippen molar-refractivity contribution in [2.75, 3.05) is 0 Å². The summed E-state index contributed by atoms with van der Waals surface area (Å²) in [5.41, 5.74) is 2.17. The SMILES string of the molecule is CC(C)(C)c1ccc([O-])c(C(C)(C)C)c1.[Cl-]. The van der Waals surface area contributed by atoms with Gasteiger partial charge in [-0.15, -0.1) is 5.75 Å². The molecule has 0 amide bonds. The Morgan fingerprint density at radius 3 is 1.75 bits per heavy atom. The van der Waals surface area contributed by atoms with Crippen LogP contribution in [0.5, 0.6) is 5.75 Å². The van der Waals surface area contributed by atoms with E-state index in [2.05, 4.69) is 47.6 Å². The van der Waals surface area contributed by atoms with Gasteiger partial charge >= 0.3 is 0 Å². The van der Waals surface area contributed by atoms with E-state index in [0.29, 0.717) is 0 Å². The summed E-state index contributed by atoms with van der Waals surface area (Å²) in [7, 11) is 0. The van der Waals surface area contributed by atoms with Gasteiger partial charge in [0.2, 0.25) is 0 Å². The van der Waals surface area contributed by atoms with Gasteiger partial charge < -0.3 is 17.5 Å². The molecule has 0 atom stereocenters. The molecule has 0 unspecified atom stereocenters. The standard InChI is InChI=1S/C14H22O.ClH/c1-13(2,3)10-7-8-12(15)11(9-10)14(4,5)6;/h7-9,15H,1-6H3;1H/p-2. The highest BCUT2D eigenvalue weighted by molar-refractivity contribution is 5.41. The van der Waals surface area contributed by atoms with Crippen LogP contribution in [0.2, 0.25) is 0 Å². The first-order valence-corrected chi connectivity index (χ1v) is 5.44. The molecule has 1 nitrogen and oxygen atoms in total. The molecule has 16 heavy (non-hydrogen) atoms. The van der Waals surface area contributed by atoms with Gasteiger partial charge in [-0.1, -0.05) is 65.3 Å². The summed E-state index contributed by atoms with van der Waals surface area (Å²) in [6.07, 6.45) is 0. The van der Waals surface area contributed by atoms with Crippen LogP contribution in [0.15, 0.2) is 18.2 Å². The van der Waals surface area contributed by atoms with Gasteiger partial charge in [-0.3, -0.25) is 0 Å². The molecule has 0 aliphatic carbocycles. The van der Waals surface area contributed by atoms with Crippen molar-refractivity contribution >= 4 is 0 Å². The molecule has 1 aromatic carbocycles. The zero-order valence-corrected chi connectivity index (χ0v) is 11.8. The van der Waals surface area contributed by atoms with Crippen LogP contribution >= 0.6 is 0 Å². The van der Waals surface area contributed by atoms with Crippen molar-refractivity contribution < 1.29 is 17.5 Å². The average molecular weight is 241 g/mol. The highest BCUT2D eigenvalue weighted by Gasteiger charge is 2.19. The Hall–Kier alpha value is -0.690. The lowest BCUT2D eigenvalue weighted by Crippen LogP contribution is -3.00. The highest BCUT2D eigenvalue weighted by atomic mass is 35.5. The Bertz CT molecular complexity index is 356. The van der Waals surface area contributed by atoms with Gasteiger partial charge in [0.15, 0.2) is 0 Å². The van der Waals surface area contributed by atoms with Crippen LogP contribution in [-0.2, 0) is 10.8 Å². The van der Waals surface area contributed by atoms with Gasteiger partial charge in [-0.05, 0) is 16.4 Å². The van der Waals surface area contributed by atoms with E-state index in [4.69, 9.17) is 0 Å². The molecule has 1 rings (SSSR count). The summed E-state index contributed by atoms with van der Waals surface area (Å²) in [6, 6.07) is 5.70. The number of rotatable bonds is 0. The minimum absolute atomic E-state index is 0. The van der Waals surface area contributed by atoms with Crippen LogP contribution in [0.3, 0.4) is 0 Å². The lowest BCUT2D eigenvalue weighted by molar-refractivity contribution is -0.270. The topological polar surface area (TPSA) is 23.1 Å². The van der Waals surface area contributed by atoms with Crippen molar-refractivity contribution in [1.82, 2.24) is 0 Å². The fourth-order valence-electron chi connectivity index (χ4n) is 1.58. The fraction of sp³-hybridized carbons (Fsp3) is 0.571. The van der Waals surface area contributed by atoms with Gasteiger partial charge in [-0.25, -0.2) is 0 Å². The van der Waals surface area contributed by atoms with Gasteiger partial charge in [0.05, 0.1) is 0 Å². The molecule has 1 aromatic rings. The Kier molecular flexibility index (Phi) is 4.46. The monoisotopic (exact) mass is 240 g/mol. The Balaban J connectivity index is 0.00000225. The molecule has 0 radical (unpaired) electrons. The molecule has 2 heteroatoms. The second-order valence-electron chi connectivity index (χ2n) is 6.21.